The summed E-state index contributed by atoms with van der Waals surface area (Å²) in [7, 11) is 0. The van der Waals surface area contributed by atoms with E-state index in [9.17, 15) is 9.59 Å². The first-order valence-electron chi connectivity index (χ1n) is 11.0. The molecule has 0 aromatic heterocycles. The van der Waals surface area contributed by atoms with Crippen molar-refractivity contribution in [3.8, 4) is 0 Å². The van der Waals surface area contributed by atoms with Crippen molar-refractivity contribution in [2.45, 2.75) is 62.7 Å². The number of amides is 2. The van der Waals surface area contributed by atoms with E-state index >= 15 is 0 Å². The van der Waals surface area contributed by atoms with Crippen molar-refractivity contribution < 1.29 is 9.59 Å². The van der Waals surface area contributed by atoms with E-state index in [0.29, 0.717) is 15.2 Å². The number of carbonyl (C=O) groups excluding carboxylic acids is 2. The van der Waals surface area contributed by atoms with E-state index in [2.05, 4.69) is 16.7 Å². The molecule has 2 aliphatic carbocycles. The van der Waals surface area contributed by atoms with Crippen LogP contribution in [0.25, 0.3) is 6.08 Å². The lowest BCUT2D eigenvalue weighted by Gasteiger charge is -2.39. The van der Waals surface area contributed by atoms with Crippen LogP contribution in [-0.2, 0) is 9.59 Å². The molecule has 6 heteroatoms. The van der Waals surface area contributed by atoms with Gasteiger partial charge in [0.1, 0.15) is 0 Å². The van der Waals surface area contributed by atoms with Gasteiger partial charge in [0, 0.05) is 28.8 Å². The number of benzene rings is 1. The maximum atomic E-state index is 12.7. The molecule has 3 aliphatic rings. The molecule has 4 nitrogen and oxygen atoms in total. The third-order valence-corrected chi connectivity index (χ3v) is 8.07. The van der Waals surface area contributed by atoms with Crippen LogP contribution in [0.4, 0.5) is 0 Å². The van der Waals surface area contributed by atoms with Gasteiger partial charge in [-0.15, -0.1) is 11.8 Å². The molecule has 3 atom stereocenters. The Morgan fingerprint density at radius 2 is 2.13 bits per heavy atom. The minimum Gasteiger partial charge on any atom is -0.356 e. The van der Waals surface area contributed by atoms with Gasteiger partial charge in [-0.05, 0) is 69.1 Å². The normalized spacial score (nSPS) is 27.8. The molecule has 1 saturated heterocycles. The largest absolute Gasteiger partial charge is 0.356 e. The van der Waals surface area contributed by atoms with E-state index < -0.39 is 0 Å². The third kappa shape index (κ3) is 5.30. The lowest BCUT2D eigenvalue weighted by atomic mass is 9.84. The average Bonchev–Trinajstić information content (AvgIpc) is 2.76. The Kier molecular flexibility index (Phi) is 7.21. The lowest BCUT2D eigenvalue weighted by Crippen LogP contribution is -2.51. The molecule has 4 rings (SSSR count). The van der Waals surface area contributed by atoms with E-state index in [4.69, 9.17) is 11.6 Å². The highest BCUT2D eigenvalue weighted by Gasteiger charge is 2.39. The molecule has 1 heterocycles. The molecule has 2 N–H and O–H groups in total. The fourth-order valence-corrected chi connectivity index (χ4v) is 6.06. The van der Waals surface area contributed by atoms with E-state index in [-0.39, 0.29) is 23.8 Å². The Morgan fingerprint density at radius 3 is 2.93 bits per heavy atom. The SMILES string of the molecule is O=C1NC2CC(C(=O)NCCC3=CCCCC3)CCC2S/C1=C/c1ccccc1Cl. The van der Waals surface area contributed by atoms with Gasteiger partial charge in [0.25, 0.3) is 5.91 Å². The molecule has 160 valence electrons. The van der Waals surface area contributed by atoms with Crippen LogP contribution in [0.2, 0.25) is 5.02 Å². The maximum absolute atomic E-state index is 12.7. The van der Waals surface area contributed by atoms with Crippen LogP contribution in [0, 0.1) is 5.92 Å². The fraction of sp³-hybridized carbons (Fsp3) is 0.500. The standard InChI is InChI=1S/C24H29ClN2O2S/c25-19-9-5-4-8-17(19)15-22-24(29)27-20-14-18(10-11-21(20)30-22)23(28)26-13-12-16-6-2-1-3-7-16/h4-6,8-9,15,18,20-21H,1-3,7,10-14H2,(H,26,28)(H,27,29)/b22-15+. The number of thioether (sulfide) groups is 1. The van der Waals surface area contributed by atoms with Crippen molar-refractivity contribution in [1.29, 1.82) is 0 Å². The zero-order valence-corrected chi connectivity index (χ0v) is 18.7. The highest BCUT2D eigenvalue weighted by Crippen LogP contribution is 2.40. The summed E-state index contributed by atoms with van der Waals surface area (Å²) in [5.41, 5.74) is 2.34. The number of allylic oxidation sites excluding steroid dienone is 1. The summed E-state index contributed by atoms with van der Waals surface area (Å²) in [6.07, 6.45) is 12.6. The van der Waals surface area contributed by atoms with Gasteiger partial charge in [-0.1, -0.05) is 41.4 Å². The Balaban J connectivity index is 1.30. The maximum Gasteiger partial charge on any atom is 0.257 e. The second kappa shape index (κ2) is 10.1. The number of fused-ring (bicyclic) bond motifs is 1. The van der Waals surface area contributed by atoms with E-state index in [0.717, 1.165) is 37.8 Å². The second-order valence-corrected chi connectivity index (χ2v) is 10.1. The van der Waals surface area contributed by atoms with Crippen molar-refractivity contribution in [1.82, 2.24) is 10.6 Å². The van der Waals surface area contributed by atoms with E-state index in [1.165, 1.54) is 31.3 Å². The van der Waals surface area contributed by atoms with Crippen LogP contribution < -0.4 is 10.6 Å². The van der Waals surface area contributed by atoms with Crippen molar-refractivity contribution >= 4 is 41.3 Å². The van der Waals surface area contributed by atoms with Gasteiger partial charge in [0.05, 0.1) is 4.91 Å². The Morgan fingerprint density at radius 1 is 1.27 bits per heavy atom. The molecule has 2 amide bonds. The van der Waals surface area contributed by atoms with Gasteiger partial charge >= 0.3 is 0 Å². The predicted octanol–water partition coefficient (Wildman–Crippen LogP) is 5.09. The predicted molar refractivity (Wildman–Crippen MR) is 124 cm³/mol. The molecular formula is C24H29ClN2O2S. The first-order chi connectivity index (χ1) is 14.6. The van der Waals surface area contributed by atoms with Crippen LogP contribution in [0.15, 0.2) is 40.8 Å². The Labute approximate surface area is 187 Å². The summed E-state index contributed by atoms with van der Waals surface area (Å²) >= 11 is 7.87. The second-order valence-electron chi connectivity index (χ2n) is 8.43. The summed E-state index contributed by atoms with van der Waals surface area (Å²) in [6.45, 7) is 0.723. The molecule has 2 fully saturated rings. The molecule has 1 saturated carbocycles. The van der Waals surface area contributed by atoms with Crippen LogP contribution in [-0.4, -0.2) is 29.7 Å². The quantitative estimate of drug-likeness (QED) is 0.491. The van der Waals surface area contributed by atoms with E-state index in [1.54, 1.807) is 11.8 Å². The average molecular weight is 445 g/mol. The summed E-state index contributed by atoms with van der Waals surface area (Å²) in [4.78, 5) is 26.0. The molecule has 0 radical (unpaired) electrons. The number of nitrogens with one attached hydrogen (secondary N) is 2. The fourth-order valence-electron chi connectivity index (χ4n) is 4.59. The van der Waals surface area contributed by atoms with Gasteiger partial charge in [-0.3, -0.25) is 9.59 Å². The monoisotopic (exact) mass is 444 g/mol. The molecule has 1 aromatic rings. The minimum atomic E-state index is -0.0635. The van der Waals surface area contributed by atoms with Crippen molar-refractivity contribution in [2.24, 2.45) is 5.92 Å². The Bertz CT molecular complexity index is 867. The third-order valence-electron chi connectivity index (χ3n) is 6.30. The molecular weight excluding hydrogens is 416 g/mol. The zero-order chi connectivity index (χ0) is 20.9. The number of rotatable bonds is 5. The summed E-state index contributed by atoms with van der Waals surface area (Å²) in [5, 5.41) is 7.23. The van der Waals surface area contributed by atoms with Crippen LogP contribution >= 0.6 is 23.4 Å². The summed E-state index contributed by atoms with van der Waals surface area (Å²) in [5.74, 6) is 0.0644. The topological polar surface area (TPSA) is 58.2 Å². The molecule has 1 aliphatic heterocycles. The number of halogens is 1. The molecule has 3 unspecified atom stereocenters. The van der Waals surface area contributed by atoms with Gasteiger partial charge in [0.2, 0.25) is 5.91 Å². The van der Waals surface area contributed by atoms with Gasteiger partial charge in [-0.2, -0.15) is 0 Å². The highest BCUT2D eigenvalue weighted by atomic mass is 35.5. The number of carbonyl (C=O) groups is 2. The van der Waals surface area contributed by atoms with Gasteiger partial charge in [0.15, 0.2) is 0 Å². The Hall–Kier alpha value is -1.72. The summed E-state index contributed by atoms with van der Waals surface area (Å²) in [6, 6.07) is 7.60. The van der Waals surface area contributed by atoms with Gasteiger partial charge in [-0.25, -0.2) is 0 Å². The van der Waals surface area contributed by atoms with E-state index in [1.807, 2.05) is 30.3 Å². The molecule has 0 spiro atoms. The number of hydrogen-bond acceptors (Lipinski definition) is 3. The van der Waals surface area contributed by atoms with Gasteiger partial charge < -0.3 is 10.6 Å². The summed E-state index contributed by atoms with van der Waals surface area (Å²) < 4.78 is 0. The van der Waals surface area contributed by atoms with Crippen molar-refractivity contribution in [3.05, 3.63) is 51.4 Å². The lowest BCUT2D eigenvalue weighted by molar-refractivity contribution is -0.127. The first-order valence-corrected chi connectivity index (χ1v) is 12.3. The zero-order valence-electron chi connectivity index (χ0n) is 17.2. The van der Waals surface area contributed by atoms with Crippen LogP contribution in [0.3, 0.4) is 0 Å². The number of hydrogen-bond donors (Lipinski definition) is 2. The van der Waals surface area contributed by atoms with Crippen molar-refractivity contribution in [3.63, 3.8) is 0 Å². The smallest absolute Gasteiger partial charge is 0.257 e. The van der Waals surface area contributed by atoms with Crippen LogP contribution in [0.1, 0.15) is 56.9 Å². The molecule has 1 aromatic carbocycles. The first kappa shape index (κ1) is 21.5. The minimum absolute atomic E-state index is 0.0124. The molecule has 30 heavy (non-hydrogen) atoms. The van der Waals surface area contributed by atoms with Crippen molar-refractivity contribution in [2.75, 3.05) is 6.54 Å². The highest BCUT2D eigenvalue weighted by molar-refractivity contribution is 8.04. The molecule has 0 bridgehead atoms. The van der Waals surface area contributed by atoms with Crippen LogP contribution in [0.5, 0.6) is 0 Å².